The van der Waals surface area contributed by atoms with Crippen molar-refractivity contribution < 1.29 is 28.6 Å². The minimum atomic E-state index is -0.762. The largest absolute Gasteiger partial charge is 0.462 e. The summed E-state index contributed by atoms with van der Waals surface area (Å²) in [5, 5.41) is 0. The predicted molar refractivity (Wildman–Crippen MR) is 330 cm³/mol. The van der Waals surface area contributed by atoms with Crippen molar-refractivity contribution in [2.75, 3.05) is 13.2 Å². The lowest BCUT2D eigenvalue weighted by molar-refractivity contribution is -0.167. The average Bonchev–Trinajstić information content (AvgIpc) is 3.42. The standard InChI is InChI=1S/C70H134O6/c1-4-7-10-13-15-17-19-21-23-25-27-29-31-33-34-35-36-37-39-40-42-44-46-48-50-52-54-57-60-63-69(72)75-66-67(65-74-68(71)62-59-56-12-9-6-3)76-70(73)64-61-58-55-53-51-49-47-45-43-41-38-32-30-28-26-24-22-20-18-16-14-11-8-5-2/h25,27,67H,4-24,26,28-66H2,1-3H3/b27-25-. The van der Waals surface area contributed by atoms with E-state index in [4.69, 9.17) is 14.2 Å². The Morgan fingerprint density at radius 3 is 0.658 bits per heavy atom. The van der Waals surface area contributed by atoms with E-state index in [2.05, 4.69) is 32.9 Å². The van der Waals surface area contributed by atoms with Gasteiger partial charge in [0.25, 0.3) is 0 Å². The fourth-order valence-corrected chi connectivity index (χ4v) is 10.8. The molecule has 0 amide bonds. The summed E-state index contributed by atoms with van der Waals surface area (Å²) in [5.41, 5.74) is 0. The smallest absolute Gasteiger partial charge is 0.306 e. The molecule has 76 heavy (non-hydrogen) atoms. The minimum Gasteiger partial charge on any atom is -0.462 e. The first kappa shape index (κ1) is 74.2. The lowest BCUT2D eigenvalue weighted by Crippen LogP contribution is -2.30. The van der Waals surface area contributed by atoms with Gasteiger partial charge < -0.3 is 14.2 Å². The first-order chi connectivity index (χ1) is 37.5. The normalized spacial score (nSPS) is 12.0. The van der Waals surface area contributed by atoms with E-state index in [0.717, 1.165) is 64.2 Å². The Labute approximate surface area is 475 Å². The summed E-state index contributed by atoms with van der Waals surface area (Å²) < 4.78 is 16.8. The molecule has 1 unspecified atom stereocenters. The maximum atomic E-state index is 12.8. The second-order valence-corrected chi connectivity index (χ2v) is 23.8. The van der Waals surface area contributed by atoms with Gasteiger partial charge >= 0.3 is 17.9 Å². The highest BCUT2D eigenvalue weighted by atomic mass is 16.6. The van der Waals surface area contributed by atoms with E-state index in [9.17, 15) is 14.4 Å². The van der Waals surface area contributed by atoms with Crippen LogP contribution < -0.4 is 0 Å². The zero-order chi connectivity index (χ0) is 55.0. The van der Waals surface area contributed by atoms with Crippen molar-refractivity contribution in [1.82, 2.24) is 0 Å². The van der Waals surface area contributed by atoms with Gasteiger partial charge in [-0.25, -0.2) is 0 Å². The number of ether oxygens (including phenoxy) is 3. The molecule has 6 nitrogen and oxygen atoms in total. The van der Waals surface area contributed by atoms with Gasteiger partial charge in [0, 0.05) is 19.3 Å². The van der Waals surface area contributed by atoms with Crippen molar-refractivity contribution in [3.8, 4) is 0 Å². The Morgan fingerprint density at radius 1 is 0.250 bits per heavy atom. The zero-order valence-electron chi connectivity index (χ0n) is 51.8. The number of unbranched alkanes of at least 4 members (excludes halogenated alkanes) is 52. The molecular weight excluding hydrogens is 937 g/mol. The monoisotopic (exact) mass is 1070 g/mol. The molecule has 0 aliphatic rings. The Balaban J connectivity index is 3.91. The summed E-state index contributed by atoms with van der Waals surface area (Å²) >= 11 is 0. The highest BCUT2D eigenvalue weighted by molar-refractivity contribution is 5.71. The van der Waals surface area contributed by atoms with Crippen LogP contribution in [0.5, 0.6) is 0 Å². The third-order valence-electron chi connectivity index (χ3n) is 16.0. The molecular formula is C70H134O6. The third-order valence-corrected chi connectivity index (χ3v) is 16.0. The molecule has 0 saturated heterocycles. The molecule has 0 fully saturated rings. The first-order valence-electron chi connectivity index (χ1n) is 34.7. The van der Waals surface area contributed by atoms with Crippen LogP contribution in [-0.2, 0) is 28.6 Å². The Hall–Kier alpha value is -1.85. The molecule has 0 rings (SSSR count). The molecule has 0 saturated carbocycles. The van der Waals surface area contributed by atoms with Gasteiger partial charge in [0.05, 0.1) is 0 Å². The number of rotatable bonds is 65. The second kappa shape index (κ2) is 65.7. The summed E-state index contributed by atoms with van der Waals surface area (Å²) in [6, 6.07) is 0. The van der Waals surface area contributed by atoms with Crippen molar-refractivity contribution in [3.05, 3.63) is 12.2 Å². The number of carbonyl (C=O) groups excluding carboxylic acids is 3. The van der Waals surface area contributed by atoms with Crippen LogP contribution in [0.3, 0.4) is 0 Å². The van der Waals surface area contributed by atoms with Gasteiger partial charge in [-0.05, 0) is 44.9 Å². The van der Waals surface area contributed by atoms with Gasteiger partial charge in [-0.2, -0.15) is 0 Å². The molecule has 0 N–H and O–H groups in total. The molecule has 0 heterocycles. The molecule has 0 bridgehead atoms. The number of esters is 3. The van der Waals surface area contributed by atoms with Gasteiger partial charge in [-0.3, -0.25) is 14.4 Å². The van der Waals surface area contributed by atoms with Crippen molar-refractivity contribution in [3.63, 3.8) is 0 Å². The van der Waals surface area contributed by atoms with Gasteiger partial charge in [-0.1, -0.05) is 348 Å². The van der Waals surface area contributed by atoms with E-state index in [1.165, 1.54) is 295 Å². The van der Waals surface area contributed by atoms with E-state index in [0.29, 0.717) is 19.3 Å². The molecule has 6 heteroatoms. The molecule has 0 radical (unpaired) electrons. The zero-order valence-corrected chi connectivity index (χ0v) is 51.8. The third kappa shape index (κ3) is 63.0. The Kier molecular flexibility index (Phi) is 64.1. The summed E-state index contributed by atoms with van der Waals surface area (Å²) in [5.74, 6) is -0.848. The summed E-state index contributed by atoms with van der Waals surface area (Å²) in [4.78, 5) is 38.0. The first-order valence-corrected chi connectivity index (χ1v) is 34.7. The fraction of sp³-hybridized carbons (Fsp3) is 0.929. The lowest BCUT2D eigenvalue weighted by atomic mass is 10.0. The van der Waals surface area contributed by atoms with Crippen LogP contribution >= 0.6 is 0 Å². The molecule has 0 aliphatic heterocycles. The molecule has 0 spiro atoms. The van der Waals surface area contributed by atoms with Crippen molar-refractivity contribution >= 4 is 17.9 Å². The van der Waals surface area contributed by atoms with Gasteiger partial charge in [0.15, 0.2) is 6.10 Å². The van der Waals surface area contributed by atoms with Crippen molar-refractivity contribution in [2.24, 2.45) is 0 Å². The van der Waals surface area contributed by atoms with Gasteiger partial charge in [-0.15, -0.1) is 0 Å². The molecule has 450 valence electrons. The molecule has 0 aromatic carbocycles. The molecule has 0 aliphatic carbocycles. The minimum absolute atomic E-state index is 0.0640. The van der Waals surface area contributed by atoms with Crippen LogP contribution in [0.15, 0.2) is 12.2 Å². The second-order valence-electron chi connectivity index (χ2n) is 23.8. The van der Waals surface area contributed by atoms with E-state index in [1.807, 2.05) is 0 Å². The van der Waals surface area contributed by atoms with Crippen LogP contribution in [-0.4, -0.2) is 37.2 Å². The van der Waals surface area contributed by atoms with E-state index >= 15 is 0 Å². The average molecular weight is 1070 g/mol. The van der Waals surface area contributed by atoms with Crippen LogP contribution in [0, 0.1) is 0 Å². The predicted octanol–water partition coefficient (Wildman–Crippen LogP) is 23.6. The SMILES string of the molecule is CCCCCCCCCC/C=C\CCCCCCCCCCCCCCCCCCCC(=O)OCC(COC(=O)CCCCCCC)OC(=O)CCCCCCCCCCCCCCCCCCCCCCCCCC. The van der Waals surface area contributed by atoms with Crippen molar-refractivity contribution in [1.29, 1.82) is 0 Å². The topological polar surface area (TPSA) is 78.9 Å². The quantitative estimate of drug-likeness (QED) is 0.0261. The van der Waals surface area contributed by atoms with Gasteiger partial charge in [0.1, 0.15) is 13.2 Å². The van der Waals surface area contributed by atoms with E-state index in [-0.39, 0.29) is 31.1 Å². The Morgan fingerprint density at radius 2 is 0.434 bits per heavy atom. The highest BCUT2D eigenvalue weighted by Gasteiger charge is 2.19. The van der Waals surface area contributed by atoms with Crippen LogP contribution in [0.1, 0.15) is 400 Å². The van der Waals surface area contributed by atoms with Gasteiger partial charge in [0.2, 0.25) is 0 Å². The summed E-state index contributed by atoms with van der Waals surface area (Å²) in [7, 11) is 0. The van der Waals surface area contributed by atoms with Crippen molar-refractivity contribution in [2.45, 2.75) is 406 Å². The fourth-order valence-electron chi connectivity index (χ4n) is 10.8. The number of carbonyl (C=O) groups is 3. The maximum absolute atomic E-state index is 12.8. The molecule has 0 aromatic heterocycles. The number of hydrogen-bond donors (Lipinski definition) is 0. The van der Waals surface area contributed by atoms with Crippen LogP contribution in [0.25, 0.3) is 0 Å². The molecule has 0 aromatic rings. The van der Waals surface area contributed by atoms with E-state index < -0.39 is 6.10 Å². The van der Waals surface area contributed by atoms with E-state index in [1.54, 1.807) is 0 Å². The lowest BCUT2D eigenvalue weighted by Gasteiger charge is -2.18. The Bertz CT molecular complexity index is 1180. The summed E-state index contributed by atoms with van der Waals surface area (Å²) in [6.45, 7) is 6.64. The molecule has 1 atom stereocenters. The summed E-state index contributed by atoms with van der Waals surface area (Å²) in [6.07, 6.45) is 78.7. The van der Waals surface area contributed by atoms with Crippen LogP contribution in [0.2, 0.25) is 0 Å². The number of hydrogen-bond acceptors (Lipinski definition) is 6. The highest BCUT2D eigenvalue weighted by Crippen LogP contribution is 2.19. The van der Waals surface area contributed by atoms with Crippen LogP contribution in [0.4, 0.5) is 0 Å². The number of allylic oxidation sites excluding steroid dienone is 2. The maximum Gasteiger partial charge on any atom is 0.306 e.